The molecule has 1 aliphatic rings. The zero-order chi connectivity index (χ0) is 15.8. The Balaban J connectivity index is 0.00000264. The molecule has 0 amide bonds. The highest BCUT2D eigenvalue weighted by Gasteiger charge is 2.21. The summed E-state index contributed by atoms with van der Waals surface area (Å²) in [4.78, 5) is 6.71. The van der Waals surface area contributed by atoms with Crippen molar-refractivity contribution in [3.05, 3.63) is 24.5 Å². The monoisotopic (exact) mass is 432 g/mol. The number of hydrogen-bond acceptors (Lipinski definition) is 3. The zero-order valence-corrected chi connectivity index (χ0v) is 16.7. The Hall–Kier alpha value is -1.25. The smallest absolute Gasteiger partial charge is 0.191 e. The Morgan fingerprint density at radius 2 is 2.35 bits per heavy atom. The van der Waals surface area contributed by atoms with Crippen molar-refractivity contribution in [3.63, 3.8) is 0 Å². The SMILES string of the molecule is CC=CCCNC(=NC)NC1CCCN(c2cnn(C)c2)C1.I. The maximum Gasteiger partial charge on any atom is 0.191 e. The lowest BCUT2D eigenvalue weighted by atomic mass is 10.1. The second kappa shape index (κ2) is 10.5. The molecule has 1 aliphatic heterocycles. The highest BCUT2D eigenvalue weighted by Crippen LogP contribution is 2.18. The first kappa shape index (κ1) is 19.8. The van der Waals surface area contributed by atoms with Gasteiger partial charge in [0.1, 0.15) is 0 Å². The van der Waals surface area contributed by atoms with E-state index in [0.717, 1.165) is 32.0 Å². The van der Waals surface area contributed by atoms with E-state index in [1.807, 2.05) is 31.9 Å². The largest absolute Gasteiger partial charge is 0.367 e. The van der Waals surface area contributed by atoms with Crippen LogP contribution in [-0.4, -0.2) is 48.5 Å². The van der Waals surface area contributed by atoms with E-state index in [0.29, 0.717) is 6.04 Å². The minimum atomic E-state index is 0. The van der Waals surface area contributed by atoms with Gasteiger partial charge in [0.05, 0.1) is 11.9 Å². The maximum absolute atomic E-state index is 4.32. The number of halogens is 1. The molecule has 6 nitrogen and oxygen atoms in total. The van der Waals surface area contributed by atoms with Crippen molar-refractivity contribution >= 4 is 35.6 Å². The highest BCUT2D eigenvalue weighted by molar-refractivity contribution is 14.0. The number of aromatic nitrogens is 2. The fraction of sp³-hybridized carbons (Fsp3) is 0.625. The summed E-state index contributed by atoms with van der Waals surface area (Å²) in [7, 11) is 3.78. The third-order valence-corrected chi connectivity index (χ3v) is 3.88. The Morgan fingerprint density at radius 3 is 3.00 bits per heavy atom. The van der Waals surface area contributed by atoms with Gasteiger partial charge < -0.3 is 15.5 Å². The van der Waals surface area contributed by atoms with Crippen LogP contribution in [0, 0.1) is 0 Å². The first-order chi connectivity index (χ1) is 10.7. The van der Waals surface area contributed by atoms with Crippen LogP contribution in [0.5, 0.6) is 0 Å². The number of rotatable bonds is 5. The van der Waals surface area contributed by atoms with E-state index in [-0.39, 0.29) is 24.0 Å². The molecule has 2 N–H and O–H groups in total. The maximum atomic E-state index is 4.32. The van der Waals surface area contributed by atoms with Crippen LogP contribution in [0.25, 0.3) is 0 Å². The summed E-state index contributed by atoms with van der Waals surface area (Å²) in [6, 6.07) is 0.418. The van der Waals surface area contributed by atoms with Gasteiger partial charge in [0.25, 0.3) is 0 Å². The number of guanidine groups is 1. The second-order valence-electron chi connectivity index (χ2n) is 5.66. The van der Waals surface area contributed by atoms with Gasteiger partial charge in [0.15, 0.2) is 5.96 Å². The summed E-state index contributed by atoms with van der Waals surface area (Å²) in [6.07, 6.45) is 11.6. The molecule has 2 rings (SSSR count). The third kappa shape index (κ3) is 6.40. The van der Waals surface area contributed by atoms with E-state index in [2.05, 4.69) is 44.0 Å². The topological polar surface area (TPSA) is 57.5 Å². The van der Waals surface area contributed by atoms with E-state index in [9.17, 15) is 0 Å². The van der Waals surface area contributed by atoms with E-state index in [4.69, 9.17) is 0 Å². The van der Waals surface area contributed by atoms with Crippen LogP contribution < -0.4 is 15.5 Å². The number of hydrogen-bond donors (Lipinski definition) is 2. The normalized spacial score (nSPS) is 18.8. The minimum absolute atomic E-state index is 0. The Labute approximate surface area is 156 Å². The van der Waals surface area contributed by atoms with Crippen LogP contribution in [0.1, 0.15) is 26.2 Å². The van der Waals surface area contributed by atoms with E-state index >= 15 is 0 Å². The molecule has 2 heterocycles. The van der Waals surface area contributed by atoms with Crippen LogP contribution in [0.3, 0.4) is 0 Å². The predicted molar refractivity (Wildman–Crippen MR) is 108 cm³/mol. The summed E-state index contributed by atoms with van der Waals surface area (Å²) in [5.41, 5.74) is 1.20. The van der Waals surface area contributed by atoms with Crippen molar-refractivity contribution < 1.29 is 0 Å². The quantitative estimate of drug-likeness (QED) is 0.246. The fourth-order valence-corrected chi connectivity index (χ4v) is 2.73. The van der Waals surface area contributed by atoms with E-state index < -0.39 is 0 Å². The van der Waals surface area contributed by atoms with Crippen LogP contribution >= 0.6 is 24.0 Å². The molecule has 0 bridgehead atoms. The Bertz CT molecular complexity index is 510. The molecule has 0 saturated carbocycles. The molecular weight excluding hydrogens is 403 g/mol. The van der Waals surface area contributed by atoms with Gasteiger partial charge in [0.2, 0.25) is 0 Å². The summed E-state index contributed by atoms with van der Waals surface area (Å²) in [6.45, 7) is 5.03. The van der Waals surface area contributed by atoms with Crippen molar-refractivity contribution in [3.8, 4) is 0 Å². The van der Waals surface area contributed by atoms with Gasteiger partial charge in [0, 0.05) is 46.0 Å². The van der Waals surface area contributed by atoms with Crippen LogP contribution in [0.15, 0.2) is 29.5 Å². The van der Waals surface area contributed by atoms with Crippen molar-refractivity contribution in [1.82, 2.24) is 20.4 Å². The molecule has 0 aliphatic carbocycles. The molecule has 1 aromatic rings. The molecule has 1 fully saturated rings. The van der Waals surface area contributed by atoms with Gasteiger partial charge in [-0.15, -0.1) is 24.0 Å². The highest BCUT2D eigenvalue weighted by atomic mass is 127. The van der Waals surface area contributed by atoms with Gasteiger partial charge in [-0.1, -0.05) is 12.2 Å². The summed E-state index contributed by atoms with van der Waals surface area (Å²) in [5.74, 6) is 0.891. The lowest BCUT2D eigenvalue weighted by Crippen LogP contribution is -2.51. The van der Waals surface area contributed by atoms with Crippen LogP contribution in [0.4, 0.5) is 5.69 Å². The summed E-state index contributed by atoms with van der Waals surface area (Å²) >= 11 is 0. The molecule has 1 atom stereocenters. The number of nitrogens with zero attached hydrogens (tertiary/aromatic N) is 4. The molecule has 7 heteroatoms. The average Bonchev–Trinajstić information content (AvgIpc) is 2.97. The Kier molecular flexibility index (Phi) is 9.05. The summed E-state index contributed by atoms with van der Waals surface area (Å²) < 4.78 is 1.86. The molecule has 1 aromatic heterocycles. The number of aliphatic imine (C=N–C) groups is 1. The number of anilines is 1. The average molecular weight is 432 g/mol. The lowest BCUT2D eigenvalue weighted by Gasteiger charge is -2.34. The predicted octanol–water partition coefficient (Wildman–Crippen LogP) is 2.14. The van der Waals surface area contributed by atoms with Gasteiger partial charge >= 0.3 is 0 Å². The van der Waals surface area contributed by atoms with Crippen LogP contribution in [-0.2, 0) is 7.05 Å². The molecule has 23 heavy (non-hydrogen) atoms. The van der Waals surface area contributed by atoms with Gasteiger partial charge in [-0.2, -0.15) is 5.10 Å². The first-order valence-corrected chi connectivity index (χ1v) is 8.05. The van der Waals surface area contributed by atoms with Gasteiger partial charge in [-0.05, 0) is 26.2 Å². The standard InChI is InChI=1S/C16H28N6.HI/c1-4-5-6-9-18-16(17-2)20-14-8-7-10-22(12-14)15-11-19-21(3)13-15;/h4-5,11,13-14H,6-10,12H2,1-3H3,(H2,17,18,20);1H. The van der Waals surface area contributed by atoms with Crippen molar-refractivity contribution in [2.24, 2.45) is 12.0 Å². The van der Waals surface area contributed by atoms with Crippen molar-refractivity contribution in [2.45, 2.75) is 32.2 Å². The number of piperidine rings is 1. The number of allylic oxidation sites excluding steroid dienone is 1. The molecule has 0 radical (unpaired) electrons. The molecular formula is C16H29IN6. The van der Waals surface area contributed by atoms with Crippen molar-refractivity contribution in [1.29, 1.82) is 0 Å². The molecule has 130 valence electrons. The molecule has 1 unspecified atom stereocenters. The number of nitrogens with one attached hydrogen (secondary N) is 2. The summed E-state index contributed by atoms with van der Waals surface area (Å²) in [5, 5.41) is 11.2. The molecule has 0 aromatic carbocycles. The van der Waals surface area contributed by atoms with E-state index in [1.54, 1.807) is 0 Å². The zero-order valence-electron chi connectivity index (χ0n) is 14.3. The van der Waals surface area contributed by atoms with Gasteiger partial charge in [-0.3, -0.25) is 9.67 Å². The third-order valence-electron chi connectivity index (χ3n) is 3.88. The minimum Gasteiger partial charge on any atom is -0.367 e. The Morgan fingerprint density at radius 1 is 1.52 bits per heavy atom. The molecule has 0 spiro atoms. The van der Waals surface area contributed by atoms with Crippen molar-refractivity contribution in [2.75, 3.05) is 31.6 Å². The second-order valence-corrected chi connectivity index (χ2v) is 5.66. The van der Waals surface area contributed by atoms with E-state index in [1.165, 1.54) is 18.5 Å². The van der Waals surface area contributed by atoms with Gasteiger partial charge in [-0.25, -0.2) is 0 Å². The lowest BCUT2D eigenvalue weighted by molar-refractivity contribution is 0.468. The molecule has 1 saturated heterocycles. The number of aryl methyl sites for hydroxylation is 1. The van der Waals surface area contributed by atoms with Crippen LogP contribution in [0.2, 0.25) is 0 Å². The fourth-order valence-electron chi connectivity index (χ4n) is 2.73. The first-order valence-electron chi connectivity index (χ1n) is 8.05.